The van der Waals surface area contributed by atoms with E-state index in [-0.39, 0.29) is 0 Å². The van der Waals surface area contributed by atoms with E-state index >= 15 is 0 Å². The van der Waals surface area contributed by atoms with E-state index in [1.807, 2.05) is 36.5 Å². The van der Waals surface area contributed by atoms with E-state index in [1.165, 1.54) is 5.39 Å². The Hall–Kier alpha value is -2.55. The van der Waals surface area contributed by atoms with Gasteiger partial charge in [0.25, 0.3) is 0 Å². The van der Waals surface area contributed by atoms with Gasteiger partial charge in [-0.25, -0.2) is 0 Å². The Kier molecular flexibility index (Phi) is 2.39. The molecule has 3 aromatic rings. The molecule has 98 valence electrons. The van der Waals surface area contributed by atoms with Crippen LogP contribution in [0.25, 0.3) is 22.0 Å². The fourth-order valence-electron chi connectivity index (χ4n) is 2.63. The van der Waals surface area contributed by atoms with Crippen molar-refractivity contribution >= 4 is 10.8 Å². The SMILES string of the molecule is Cc1cc2c(cc1-c1nccc3ccccc13)OCO2. The summed E-state index contributed by atoms with van der Waals surface area (Å²) in [7, 11) is 0. The smallest absolute Gasteiger partial charge is 0.231 e. The maximum Gasteiger partial charge on any atom is 0.231 e. The van der Waals surface area contributed by atoms with Gasteiger partial charge in [-0.1, -0.05) is 24.3 Å². The number of hydrogen-bond donors (Lipinski definition) is 0. The molecule has 0 aliphatic carbocycles. The molecule has 1 aromatic heterocycles. The molecule has 1 aliphatic heterocycles. The number of aryl methyl sites for hydroxylation is 1. The predicted octanol–water partition coefficient (Wildman–Crippen LogP) is 3.94. The molecule has 0 radical (unpaired) electrons. The van der Waals surface area contributed by atoms with Crippen molar-refractivity contribution in [1.82, 2.24) is 4.98 Å². The molecule has 3 heteroatoms. The van der Waals surface area contributed by atoms with Crippen molar-refractivity contribution in [2.24, 2.45) is 0 Å². The van der Waals surface area contributed by atoms with E-state index in [1.54, 1.807) is 0 Å². The van der Waals surface area contributed by atoms with E-state index in [4.69, 9.17) is 9.47 Å². The van der Waals surface area contributed by atoms with Gasteiger partial charge in [0.2, 0.25) is 6.79 Å². The van der Waals surface area contributed by atoms with Crippen LogP contribution in [0.15, 0.2) is 48.7 Å². The van der Waals surface area contributed by atoms with E-state index in [2.05, 4.69) is 24.0 Å². The molecule has 0 atom stereocenters. The molecule has 0 fully saturated rings. The highest BCUT2D eigenvalue weighted by molar-refractivity contribution is 5.95. The number of rotatable bonds is 1. The summed E-state index contributed by atoms with van der Waals surface area (Å²) < 4.78 is 10.9. The summed E-state index contributed by atoms with van der Waals surface area (Å²) in [4.78, 5) is 4.57. The highest BCUT2D eigenvalue weighted by Crippen LogP contribution is 2.39. The van der Waals surface area contributed by atoms with Gasteiger partial charge in [0, 0.05) is 17.1 Å². The second-order valence-electron chi connectivity index (χ2n) is 4.90. The zero-order valence-electron chi connectivity index (χ0n) is 11.1. The van der Waals surface area contributed by atoms with E-state index < -0.39 is 0 Å². The molecule has 3 nitrogen and oxygen atoms in total. The second kappa shape index (κ2) is 4.23. The first-order valence-electron chi connectivity index (χ1n) is 6.57. The maximum atomic E-state index is 5.48. The number of pyridine rings is 1. The standard InChI is InChI=1S/C17H13NO2/c1-11-8-15-16(20-10-19-15)9-14(11)17-13-5-3-2-4-12(13)6-7-18-17/h2-9H,10H2,1H3. The van der Waals surface area contributed by atoms with Crippen molar-refractivity contribution in [3.63, 3.8) is 0 Å². The third-order valence-corrected chi connectivity index (χ3v) is 3.65. The fraction of sp³-hybridized carbons (Fsp3) is 0.118. The molecule has 2 heterocycles. The number of nitrogens with zero attached hydrogens (tertiary/aromatic N) is 1. The zero-order valence-corrected chi connectivity index (χ0v) is 11.1. The Balaban J connectivity index is 2.00. The van der Waals surface area contributed by atoms with Gasteiger partial charge in [0.05, 0.1) is 5.69 Å². The van der Waals surface area contributed by atoms with Crippen LogP contribution in [0.3, 0.4) is 0 Å². The third-order valence-electron chi connectivity index (χ3n) is 3.65. The first-order valence-corrected chi connectivity index (χ1v) is 6.57. The number of fused-ring (bicyclic) bond motifs is 2. The molecule has 0 spiro atoms. The van der Waals surface area contributed by atoms with Gasteiger partial charge in [0.15, 0.2) is 11.5 Å². The lowest BCUT2D eigenvalue weighted by molar-refractivity contribution is 0.174. The molecule has 0 unspecified atom stereocenters. The number of ether oxygens (including phenoxy) is 2. The Morgan fingerprint density at radius 3 is 2.70 bits per heavy atom. The zero-order chi connectivity index (χ0) is 13.5. The van der Waals surface area contributed by atoms with Gasteiger partial charge in [0.1, 0.15) is 0 Å². The van der Waals surface area contributed by atoms with Crippen LogP contribution in [-0.2, 0) is 0 Å². The van der Waals surface area contributed by atoms with Crippen molar-refractivity contribution in [2.45, 2.75) is 6.92 Å². The summed E-state index contributed by atoms with van der Waals surface area (Å²) in [5.41, 5.74) is 3.21. The Morgan fingerprint density at radius 2 is 1.80 bits per heavy atom. The third kappa shape index (κ3) is 1.63. The summed E-state index contributed by atoms with van der Waals surface area (Å²) in [6.45, 7) is 2.36. The van der Waals surface area contributed by atoms with E-state index in [9.17, 15) is 0 Å². The van der Waals surface area contributed by atoms with Crippen molar-refractivity contribution in [3.8, 4) is 22.8 Å². The summed E-state index contributed by atoms with van der Waals surface area (Å²) >= 11 is 0. The number of aromatic nitrogens is 1. The monoisotopic (exact) mass is 263 g/mol. The normalized spacial score (nSPS) is 12.8. The average molecular weight is 263 g/mol. The minimum Gasteiger partial charge on any atom is -0.454 e. The maximum absolute atomic E-state index is 5.48. The molecule has 20 heavy (non-hydrogen) atoms. The Morgan fingerprint density at radius 1 is 1.00 bits per heavy atom. The lowest BCUT2D eigenvalue weighted by Crippen LogP contribution is -1.92. The van der Waals surface area contributed by atoms with Gasteiger partial charge < -0.3 is 9.47 Å². The van der Waals surface area contributed by atoms with Crippen LogP contribution in [-0.4, -0.2) is 11.8 Å². The summed E-state index contributed by atoms with van der Waals surface area (Å²) in [5.74, 6) is 1.60. The average Bonchev–Trinajstić information content (AvgIpc) is 2.93. The van der Waals surface area contributed by atoms with E-state index in [0.29, 0.717) is 6.79 Å². The molecule has 1 aliphatic rings. The fourth-order valence-corrected chi connectivity index (χ4v) is 2.63. The van der Waals surface area contributed by atoms with Gasteiger partial charge in [-0.05, 0) is 36.1 Å². The first kappa shape index (κ1) is 11.3. The molecule has 2 aromatic carbocycles. The molecule has 0 saturated heterocycles. The van der Waals surface area contributed by atoms with Gasteiger partial charge in [-0.2, -0.15) is 0 Å². The molecule has 0 saturated carbocycles. The van der Waals surface area contributed by atoms with Gasteiger partial charge >= 0.3 is 0 Å². The minimum absolute atomic E-state index is 0.293. The molecule has 0 N–H and O–H groups in total. The quantitative estimate of drug-likeness (QED) is 0.666. The largest absolute Gasteiger partial charge is 0.454 e. The minimum atomic E-state index is 0.293. The lowest BCUT2D eigenvalue weighted by atomic mass is 9.99. The molecular weight excluding hydrogens is 250 g/mol. The van der Waals surface area contributed by atoms with Crippen LogP contribution in [0.4, 0.5) is 0 Å². The van der Waals surface area contributed by atoms with Crippen LogP contribution >= 0.6 is 0 Å². The number of benzene rings is 2. The molecule has 0 amide bonds. The highest BCUT2D eigenvalue weighted by atomic mass is 16.7. The highest BCUT2D eigenvalue weighted by Gasteiger charge is 2.17. The first-order chi connectivity index (χ1) is 9.83. The van der Waals surface area contributed by atoms with Gasteiger partial charge in [-0.3, -0.25) is 4.98 Å². The lowest BCUT2D eigenvalue weighted by Gasteiger charge is -2.09. The van der Waals surface area contributed by atoms with E-state index in [0.717, 1.165) is 33.7 Å². The predicted molar refractivity (Wildman–Crippen MR) is 78.0 cm³/mol. The van der Waals surface area contributed by atoms with Crippen LogP contribution in [0, 0.1) is 6.92 Å². The van der Waals surface area contributed by atoms with Crippen LogP contribution in [0.5, 0.6) is 11.5 Å². The van der Waals surface area contributed by atoms with Crippen molar-refractivity contribution in [2.75, 3.05) is 6.79 Å². The van der Waals surface area contributed by atoms with Crippen LogP contribution in [0.2, 0.25) is 0 Å². The molecular formula is C17H13NO2. The molecule has 0 bridgehead atoms. The summed E-state index contributed by atoms with van der Waals surface area (Å²) in [5, 5.41) is 2.34. The van der Waals surface area contributed by atoms with Crippen molar-refractivity contribution < 1.29 is 9.47 Å². The van der Waals surface area contributed by atoms with Crippen molar-refractivity contribution in [3.05, 3.63) is 54.2 Å². The molecule has 4 rings (SSSR count). The van der Waals surface area contributed by atoms with Crippen molar-refractivity contribution in [1.29, 1.82) is 0 Å². The number of hydrogen-bond acceptors (Lipinski definition) is 3. The van der Waals surface area contributed by atoms with Crippen LogP contribution < -0.4 is 9.47 Å². The Labute approximate surface area is 116 Å². The summed E-state index contributed by atoms with van der Waals surface area (Å²) in [6, 6.07) is 14.3. The Bertz CT molecular complexity index is 806. The van der Waals surface area contributed by atoms with Crippen LogP contribution in [0.1, 0.15) is 5.56 Å². The second-order valence-corrected chi connectivity index (χ2v) is 4.90. The van der Waals surface area contributed by atoms with Gasteiger partial charge in [-0.15, -0.1) is 0 Å². The summed E-state index contributed by atoms with van der Waals surface area (Å²) in [6.07, 6.45) is 1.85. The topological polar surface area (TPSA) is 31.4 Å².